The van der Waals surface area contributed by atoms with E-state index in [-0.39, 0.29) is 18.1 Å². The molecule has 0 bridgehead atoms. The first-order valence-electron chi connectivity index (χ1n) is 6.86. The predicted molar refractivity (Wildman–Crippen MR) is 85.7 cm³/mol. The molecule has 0 radical (unpaired) electrons. The van der Waals surface area contributed by atoms with Crippen molar-refractivity contribution in [1.82, 2.24) is 20.3 Å². The molecule has 9 heteroatoms. The van der Waals surface area contributed by atoms with Gasteiger partial charge in [0.25, 0.3) is 5.56 Å². The van der Waals surface area contributed by atoms with Crippen LogP contribution in [0.15, 0.2) is 10.3 Å². The number of nitrogens with zero attached hydrogens (tertiary/aromatic N) is 3. The van der Waals surface area contributed by atoms with Crippen molar-refractivity contribution in [3.05, 3.63) is 26.6 Å². The highest BCUT2D eigenvalue weighted by atomic mass is 35.5. The van der Waals surface area contributed by atoms with Gasteiger partial charge < -0.3 is 15.2 Å². The van der Waals surface area contributed by atoms with Gasteiger partial charge in [0.15, 0.2) is 11.6 Å². The van der Waals surface area contributed by atoms with Crippen LogP contribution in [0, 0.1) is 6.92 Å². The van der Waals surface area contributed by atoms with Crippen LogP contribution in [0.1, 0.15) is 5.69 Å². The fraction of sp³-hybridized carbons (Fsp3) is 0.462. The van der Waals surface area contributed by atoms with Gasteiger partial charge in [-0.2, -0.15) is 0 Å². The Kier molecular flexibility index (Phi) is 4.42. The quantitative estimate of drug-likeness (QED) is 0.866. The number of H-pyrrole nitrogens is 1. The molecule has 1 aliphatic heterocycles. The molecule has 6 nitrogen and oxygen atoms in total. The SMILES string of the molecule is Cc1ncsc1-c1nc(N2CCNCC(F)C2)c(Cl)c(=O)[nH]1. The number of aromatic nitrogens is 3. The van der Waals surface area contributed by atoms with Crippen LogP contribution in [-0.2, 0) is 0 Å². The predicted octanol–water partition coefficient (Wildman–Crippen LogP) is 1.60. The lowest BCUT2D eigenvalue weighted by atomic mass is 10.3. The maximum absolute atomic E-state index is 13.8. The van der Waals surface area contributed by atoms with E-state index in [0.29, 0.717) is 24.7 Å². The summed E-state index contributed by atoms with van der Waals surface area (Å²) in [7, 11) is 0. The van der Waals surface area contributed by atoms with Crippen LogP contribution >= 0.6 is 22.9 Å². The number of thiazole rings is 1. The van der Waals surface area contributed by atoms with Crippen LogP contribution in [-0.4, -0.2) is 47.3 Å². The molecule has 3 rings (SSSR count). The molecular formula is C13H15ClFN5OS. The first-order valence-corrected chi connectivity index (χ1v) is 8.12. The first-order chi connectivity index (χ1) is 10.6. The van der Waals surface area contributed by atoms with Gasteiger partial charge in [-0.25, -0.2) is 14.4 Å². The maximum Gasteiger partial charge on any atom is 0.272 e. The van der Waals surface area contributed by atoms with Crippen molar-refractivity contribution >= 4 is 28.8 Å². The third-order valence-corrected chi connectivity index (χ3v) is 4.72. The van der Waals surface area contributed by atoms with Gasteiger partial charge in [-0.05, 0) is 6.92 Å². The minimum absolute atomic E-state index is 0.0139. The zero-order chi connectivity index (χ0) is 15.7. The van der Waals surface area contributed by atoms with Gasteiger partial charge >= 0.3 is 0 Å². The van der Waals surface area contributed by atoms with Crippen molar-refractivity contribution in [1.29, 1.82) is 0 Å². The Morgan fingerprint density at radius 3 is 3.09 bits per heavy atom. The smallest absolute Gasteiger partial charge is 0.272 e. The molecule has 1 fully saturated rings. The van der Waals surface area contributed by atoms with Crippen molar-refractivity contribution in [3.63, 3.8) is 0 Å². The third kappa shape index (κ3) is 2.99. The lowest BCUT2D eigenvalue weighted by molar-refractivity contribution is 0.337. The topological polar surface area (TPSA) is 73.9 Å². The highest BCUT2D eigenvalue weighted by Crippen LogP contribution is 2.27. The number of hydrogen-bond donors (Lipinski definition) is 2. The highest BCUT2D eigenvalue weighted by molar-refractivity contribution is 7.13. The normalized spacial score (nSPS) is 19.2. The Morgan fingerprint density at radius 2 is 2.36 bits per heavy atom. The summed E-state index contributed by atoms with van der Waals surface area (Å²) in [5.41, 5.74) is 2.04. The van der Waals surface area contributed by atoms with Crippen molar-refractivity contribution in [2.75, 3.05) is 31.1 Å². The van der Waals surface area contributed by atoms with Gasteiger partial charge in [-0.15, -0.1) is 11.3 Å². The van der Waals surface area contributed by atoms with E-state index in [9.17, 15) is 9.18 Å². The largest absolute Gasteiger partial charge is 0.351 e. The van der Waals surface area contributed by atoms with Gasteiger partial charge in [0.05, 0.1) is 22.6 Å². The summed E-state index contributed by atoms with van der Waals surface area (Å²) in [6.07, 6.45) is -1.03. The van der Waals surface area contributed by atoms with E-state index < -0.39 is 11.7 Å². The molecule has 2 aromatic rings. The number of rotatable bonds is 2. The van der Waals surface area contributed by atoms with Crippen LogP contribution in [0.25, 0.3) is 10.7 Å². The maximum atomic E-state index is 13.8. The fourth-order valence-corrected chi connectivity index (χ4v) is 3.31. The molecule has 0 amide bonds. The molecule has 1 aliphatic rings. The van der Waals surface area contributed by atoms with E-state index in [2.05, 4.69) is 20.3 Å². The zero-order valence-corrected chi connectivity index (χ0v) is 13.5. The Labute approximate surface area is 135 Å². The summed E-state index contributed by atoms with van der Waals surface area (Å²) >= 11 is 7.48. The van der Waals surface area contributed by atoms with Crippen molar-refractivity contribution in [3.8, 4) is 10.7 Å². The zero-order valence-electron chi connectivity index (χ0n) is 11.9. The van der Waals surface area contributed by atoms with E-state index in [0.717, 1.165) is 10.6 Å². The summed E-state index contributed by atoms with van der Waals surface area (Å²) in [5, 5.41) is 2.99. The van der Waals surface area contributed by atoms with E-state index in [1.165, 1.54) is 11.3 Å². The molecule has 22 heavy (non-hydrogen) atoms. The Bertz CT molecular complexity index is 733. The molecule has 0 aliphatic carbocycles. The number of alkyl halides is 1. The number of anilines is 1. The molecule has 1 saturated heterocycles. The minimum atomic E-state index is -1.03. The molecule has 1 unspecified atom stereocenters. The third-order valence-electron chi connectivity index (χ3n) is 3.45. The van der Waals surface area contributed by atoms with E-state index >= 15 is 0 Å². The number of halogens is 2. The van der Waals surface area contributed by atoms with Crippen LogP contribution in [0.5, 0.6) is 0 Å². The summed E-state index contributed by atoms with van der Waals surface area (Å²) in [6.45, 7) is 3.44. The van der Waals surface area contributed by atoms with Gasteiger partial charge in [0, 0.05) is 19.6 Å². The lowest BCUT2D eigenvalue weighted by Gasteiger charge is -2.23. The monoisotopic (exact) mass is 343 g/mol. The molecule has 3 heterocycles. The standard InChI is InChI=1S/C13H15ClFN5OS/c1-7-10(22-6-17-7)11-18-12(9(14)13(21)19-11)20-3-2-16-4-8(15)5-20/h6,8,16H,2-5H2,1H3,(H,18,19,21). The second kappa shape index (κ2) is 6.31. The Morgan fingerprint density at radius 1 is 1.55 bits per heavy atom. The van der Waals surface area contributed by atoms with Crippen LogP contribution < -0.4 is 15.8 Å². The minimum Gasteiger partial charge on any atom is -0.351 e. The van der Waals surface area contributed by atoms with E-state index in [1.54, 1.807) is 10.4 Å². The van der Waals surface area contributed by atoms with E-state index in [1.807, 2.05) is 6.92 Å². The van der Waals surface area contributed by atoms with Crippen molar-refractivity contribution in [2.24, 2.45) is 0 Å². The summed E-state index contributed by atoms with van der Waals surface area (Å²) in [5.74, 6) is 0.733. The number of hydrogen-bond acceptors (Lipinski definition) is 6. The highest BCUT2D eigenvalue weighted by Gasteiger charge is 2.23. The average molecular weight is 344 g/mol. The number of aromatic amines is 1. The first kappa shape index (κ1) is 15.4. The fourth-order valence-electron chi connectivity index (χ4n) is 2.35. The van der Waals surface area contributed by atoms with Gasteiger partial charge in [0.2, 0.25) is 0 Å². The number of aryl methyl sites for hydroxylation is 1. The molecule has 0 saturated carbocycles. The van der Waals surface area contributed by atoms with Gasteiger partial charge in [-0.1, -0.05) is 11.6 Å². The van der Waals surface area contributed by atoms with Gasteiger partial charge in [-0.3, -0.25) is 4.79 Å². The molecule has 2 aromatic heterocycles. The van der Waals surface area contributed by atoms with Crippen LogP contribution in [0.2, 0.25) is 5.02 Å². The van der Waals surface area contributed by atoms with E-state index in [4.69, 9.17) is 11.6 Å². The van der Waals surface area contributed by atoms with Crippen LogP contribution in [0.3, 0.4) is 0 Å². The number of nitrogens with one attached hydrogen (secondary N) is 2. The van der Waals surface area contributed by atoms with Crippen molar-refractivity contribution in [2.45, 2.75) is 13.1 Å². The second-order valence-corrected chi connectivity index (χ2v) is 6.30. The summed E-state index contributed by atoms with van der Waals surface area (Å²) < 4.78 is 13.8. The summed E-state index contributed by atoms with van der Waals surface area (Å²) in [6, 6.07) is 0. The van der Waals surface area contributed by atoms with Crippen LogP contribution in [0.4, 0.5) is 10.2 Å². The lowest BCUT2D eigenvalue weighted by Crippen LogP contribution is -2.33. The van der Waals surface area contributed by atoms with Crippen molar-refractivity contribution < 1.29 is 4.39 Å². The Hall–Kier alpha value is -1.51. The van der Waals surface area contributed by atoms with Gasteiger partial charge in [0.1, 0.15) is 11.2 Å². The molecule has 0 spiro atoms. The molecule has 0 aromatic carbocycles. The molecule has 2 N–H and O–H groups in total. The Balaban J connectivity index is 2.05. The molecule has 1 atom stereocenters. The summed E-state index contributed by atoms with van der Waals surface area (Å²) in [4.78, 5) is 25.9. The molecular weight excluding hydrogens is 329 g/mol. The molecule has 118 valence electrons. The second-order valence-electron chi connectivity index (χ2n) is 5.07. The average Bonchev–Trinajstić information content (AvgIpc) is 2.79.